The van der Waals surface area contributed by atoms with Gasteiger partial charge in [0, 0.05) is 15.7 Å². The van der Waals surface area contributed by atoms with Crippen molar-refractivity contribution < 1.29 is 14.3 Å². The standard InChI is InChI=1S/C21H18BrNO3/c1-25-19-12-8-18(9-13-19)23-21(24)16-4-2-15(3-5-16)14-26-20-10-6-17(22)7-11-20/h2-13H,14H2,1H3,(H,23,24). The van der Waals surface area contributed by atoms with Crippen LogP contribution in [0.1, 0.15) is 15.9 Å². The first-order valence-corrected chi connectivity index (χ1v) is 8.86. The topological polar surface area (TPSA) is 47.6 Å². The largest absolute Gasteiger partial charge is 0.497 e. The van der Waals surface area contributed by atoms with E-state index >= 15 is 0 Å². The van der Waals surface area contributed by atoms with Crippen LogP contribution in [0.3, 0.4) is 0 Å². The van der Waals surface area contributed by atoms with E-state index in [0.29, 0.717) is 12.2 Å². The Hall–Kier alpha value is -2.79. The summed E-state index contributed by atoms with van der Waals surface area (Å²) in [6.07, 6.45) is 0. The van der Waals surface area contributed by atoms with Gasteiger partial charge in [0.25, 0.3) is 5.91 Å². The zero-order valence-corrected chi connectivity index (χ0v) is 15.8. The van der Waals surface area contributed by atoms with E-state index in [0.717, 1.165) is 27.2 Å². The Labute approximate surface area is 160 Å². The van der Waals surface area contributed by atoms with Crippen molar-refractivity contribution in [3.05, 3.63) is 88.4 Å². The average Bonchev–Trinajstić information content (AvgIpc) is 2.68. The van der Waals surface area contributed by atoms with Crippen molar-refractivity contribution >= 4 is 27.5 Å². The van der Waals surface area contributed by atoms with Crippen LogP contribution in [0.15, 0.2) is 77.3 Å². The highest BCUT2D eigenvalue weighted by molar-refractivity contribution is 9.10. The minimum Gasteiger partial charge on any atom is -0.497 e. The number of hydrogen-bond acceptors (Lipinski definition) is 3. The minimum absolute atomic E-state index is 0.157. The molecule has 132 valence electrons. The number of methoxy groups -OCH3 is 1. The number of halogens is 1. The van der Waals surface area contributed by atoms with E-state index in [9.17, 15) is 4.79 Å². The van der Waals surface area contributed by atoms with Crippen molar-refractivity contribution in [3.63, 3.8) is 0 Å². The van der Waals surface area contributed by atoms with Gasteiger partial charge in [-0.25, -0.2) is 0 Å². The second-order valence-electron chi connectivity index (χ2n) is 5.62. The molecule has 0 unspecified atom stereocenters. The van der Waals surface area contributed by atoms with Gasteiger partial charge in [-0.05, 0) is 66.2 Å². The number of nitrogens with one attached hydrogen (secondary N) is 1. The van der Waals surface area contributed by atoms with Crippen LogP contribution in [-0.4, -0.2) is 13.0 Å². The molecule has 0 saturated heterocycles. The molecule has 26 heavy (non-hydrogen) atoms. The maximum Gasteiger partial charge on any atom is 0.255 e. The third kappa shape index (κ3) is 4.86. The molecule has 0 aliphatic carbocycles. The van der Waals surface area contributed by atoms with Crippen LogP contribution < -0.4 is 14.8 Å². The lowest BCUT2D eigenvalue weighted by molar-refractivity contribution is 0.102. The van der Waals surface area contributed by atoms with Gasteiger partial charge in [0.15, 0.2) is 0 Å². The van der Waals surface area contributed by atoms with E-state index < -0.39 is 0 Å². The van der Waals surface area contributed by atoms with Gasteiger partial charge in [-0.2, -0.15) is 0 Å². The molecule has 5 heteroatoms. The fourth-order valence-electron chi connectivity index (χ4n) is 2.33. The number of amides is 1. The highest BCUT2D eigenvalue weighted by Crippen LogP contribution is 2.18. The van der Waals surface area contributed by atoms with E-state index in [2.05, 4.69) is 21.2 Å². The van der Waals surface area contributed by atoms with Crippen molar-refractivity contribution in [3.8, 4) is 11.5 Å². The van der Waals surface area contributed by atoms with Crippen LogP contribution in [0, 0.1) is 0 Å². The molecule has 0 spiro atoms. The Morgan fingerprint density at radius 1 is 0.885 bits per heavy atom. The zero-order valence-electron chi connectivity index (χ0n) is 14.2. The van der Waals surface area contributed by atoms with Crippen LogP contribution in [0.25, 0.3) is 0 Å². The lowest BCUT2D eigenvalue weighted by Gasteiger charge is -2.08. The summed E-state index contributed by atoms with van der Waals surface area (Å²) < 4.78 is 11.8. The summed E-state index contributed by atoms with van der Waals surface area (Å²) in [7, 11) is 1.61. The van der Waals surface area contributed by atoms with Crippen LogP contribution in [-0.2, 0) is 6.61 Å². The first-order valence-electron chi connectivity index (χ1n) is 8.07. The fraction of sp³-hybridized carbons (Fsp3) is 0.0952. The highest BCUT2D eigenvalue weighted by Gasteiger charge is 2.06. The predicted molar refractivity (Wildman–Crippen MR) is 106 cm³/mol. The van der Waals surface area contributed by atoms with E-state index in [4.69, 9.17) is 9.47 Å². The zero-order chi connectivity index (χ0) is 18.4. The molecule has 4 nitrogen and oxygen atoms in total. The number of benzene rings is 3. The Bertz CT molecular complexity index is 859. The van der Waals surface area contributed by atoms with Crippen LogP contribution >= 0.6 is 15.9 Å². The smallest absolute Gasteiger partial charge is 0.255 e. The van der Waals surface area contributed by atoms with E-state index in [-0.39, 0.29) is 5.91 Å². The number of hydrogen-bond donors (Lipinski definition) is 1. The second kappa shape index (κ2) is 8.54. The third-order valence-corrected chi connectivity index (χ3v) is 4.31. The van der Waals surface area contributed by atoms with E-state index in [1.54, 1.807) is 43.5 Å². The number of carbonyl (C=O) groups excluding carboxylic acids is 1. The van der Waals surface area contributed by atoms with Gasteiger partial charge in [0.05, 0.1) is 7.11 Å². The SMILES string of the molecule is COc1ccc(NC(=O)c2ccc(COc3ccc(Br)cc3)cc2)cc1. The van der Waals surface area contributed by atoms with Gasteiger partial charge in [-0.15, -0.1) is 0 Å². The number of carbonyl (C=O) groups is 1. The lowest BCUT2D eigenvalue weighted by atomic mass is 10.1. The molecule has 0 atom stereocenters. The first-order chi connectivity index (χ1) is 12.6. The molecule has 0 fully saturated rings. The van der Waals surface area contributed by atoms with Gasteiger partial charge in [0.2, 0.25) is 0 Å². The van der Waals surface area contributed by atoms with E-state index in [1.165, 1.54) is 0 Å². The van der Waals surface area contributed by atoms with Crippen LogP contribution in [0.5, 0.6) is 11.5 Å². The maximum atomic E-state index is 12.3. The van der Waals surface area contributed by atoms with Gasteiger partial charge in [-0.3, -0.25) is 4.79 Å². The average molecular weight is 412 g/mol. The number of rotatable bonds is 6. The number of anilines is 1. The van der Waals surface area contributed by atoms with Gasteiger partial charge >= 0.3 is 0 Å². The Morgan fingerprint density at radius 2 is 1.50 bits per heavy atom. The molecule has 0 radical (unpaired) electrons. The molecule has 0 aliphatic rings. The van der Waals surface area contributed by atoms with Crippen molar-refractivity contribution in [1.29, 1.82) is 0 Å². The summed E-state index contributed by atoms with van der Waals surface area (Å²) in [5.74, 6) is 1.39. The summed E-state index contributed by atoms with van der Waals surface area (Å²) in [5, 5.41) is 2.86. The summed E-state index contributed by atoms with van der Waals surface area (Å²) in [6, 6.07) is 22.2. The quantitative estimate of drug-likeness (QED) is 0.599. The summed E-state index contributed by atoms with van der Waals surface area (Å²) in [6.45, 7) is 0.446. The van der Waals surface area contributed by atoms with Crippen molar-refractivity contribution in [2.24, 2.45) is 0 Å². The van der Waals surface area contributed by atoms with Gasteiger partial charge < -0.3 is 14.8 Å². The normalized spacial score (nSPS) is 10.2. The molecule has 1 amide bonds. The Kier molecular flexibility index (Phi) is 5.92. The van der Waals surface area contributed by atoms with Crippen molar-refractivity contribution in [2.75, 3.05) is 12.4 Å². The van der Waals surface area contributed by atoms with Crippen molar-refractivity contribution in [2.45, 2.75) is 6.61 Å². The summed E-state index contributed by atoms with van der Waals surface area (Å²) >= 11 is 3.39. The van der Waals surface area contributed by atoms with Crippen LogP contribution in [0.4, 0.5) is 5.69 Å². The molecule has 3 aromatic rings. The molecule has 3 aromatic carbocycles. The molecular formula is C21H18BrNO3. The third-order valence-electron chi connectivity index (χ3n) is 3.78. The maximum absolute atomic E-state index is 12.3. The predicted octanol–water partition coefficient (Wildman–Crippen LogP) is 5.29. The van der Waals surface area contributed by atoms with Gasteiger partial charge in [0.1, 0.15) is 18.1 Å². The van der Waals surface area contributed by atoms with Crippen molar-refractivity contribution in [1.82, 2.24) is 0 Å². The summed E-state index contributed by atoms with van der Waals surface area (Å²) in [4.78, 5) is 12.3. The Morgan fingerprint density at radius 3 is 2.12 bits per heavy atom. The summed E-state index contributed by atoms with van der Waals surface area (Å²) in [5.41, 5.74) is 2.31. The molecule has 1 N–H and O–H groups in total. The molecule has 0 bridgehead atoms. The van der Waals surface area contributed by atoms with E-state index in [1.807, 2.05) is 36.4 Å². The fourth-order valence-corrected chi connectivity index (χ4v) is 2.59. The molecule has 0 heterocycles. The second-order valence-corrected chi connectivity index (χ2v) is 6.54. The Balaban J connectivity index is 1.57. The molecular weight excluding hydrogens is 394 g/mol. The lowest BCUT2D eigenvalue weighted by Crippen LogP contribution is -2.11. The monoisotopic (exact) mass is 411 g/mol. The molecule has 3 rings (SSSR count). The van der Waals surface area contributed by atoms with Crippen LogP contribution in [0.2, 0.25) is 0 Å². The molecule has 0 saturated carbocycles. The molecule has 0 aliphatic heterocycles. The first kappa shape index (κ1) is 18.0. The molecule has 0 aromatic heterocycles. The minimum atomic E-state index is -0.157. The van der Waals surface area contributed by atoms with Gasteiger partial charge in [-0.1, -0.05) is 28.1 Å². The highest BCUT2D eigenvalue weighted by atomic mass is 79.9. The number of ether oxygens (including phenoxy) is 2.